The number of aromatic nitrogens is 2. The summed E-state index contributed by atoms with van der Waals surface area (Å²) in [6, 6.07) is 6.36. The van der Waals surface area contributed by atoms with Crippen LogP contribution in [0.3, 0.4) is 0 Å². The van der Waals surface area contributed by atoms with Gasteiger partial charge in [-0.1, -0.05) is 6.07 Å². The second-order valence-electron chi connectivity index (χ2n) is 7.84. The molecule has 0 radical (unpaired) electrons. The summed E-state index contributed by atoms with van der Waals surface area (Å²) in [6.45, 7) is 3.34. The number of hydrogen-bond donors (Lipinski definition) is 0. The smallest absolute Gasteiger partial charge is 0.223 e. The summed E-state index contributed by atoms with van der Waals surface area (Å²) in [7, 11) is 0. The number of fused-ring (bicyclic) bond motifs is 2. The molecule has 5 rings (SSSR count). The van der Waals surface area contributed by atoms with Crippen molar-refractivity contribution < 1.29 is 4.79 Å². The van der Waals surface area contributed by atoms with E-state index in [2.05, 4.69) is 22.0 Å². The SMILES string of the molecule is O=C(CC1CN(c2cccnc2)C1)N1Cc2cc3c(nc2C1)CCCC3. The highest BCUT2D eigenvalue weighted by molar-refractivity contribution is 5.77. The van der Waals surface area contributed by atoms with Gasteiger partial charge in [-0.15, -0.1) is 0 Å². The number of nitrogens with zero attached hydrogens (tertiary/aromatic N) is 4. The molecule has 0 N–H and O–H groups in total. The average molecular weight is 348 g/mol. The minimum absolute atomic E-state index is 0.275. The van der Waals surface area contributed by atoms with Gasteiger partial charge in [0.1, 0.15) is 0 Å². The third-order valence-corrected chi connectivity index (χ3v) is 5.96. The predicted octanol–water partition coefficient (Wildman–Crippen LogP) is 2.72. The molecular weight excluding hydrogens is 324 g/mol. The van der Waals surface area contributed by atoms with Crippen molar-refractivity contribution in [2.45, 2.75) is 45.2 Å². The monoisotopic (exact) mass is 348 g/mol. The van der Waals surface area contributed by atoms with Crippen LogP contribution in [-0.4, -0.2) is 33.9 Å². The highest BCUT2D eigenvalue weighted by atomic mass is 16.2. The van der Waals surface area contributed by atoms with Crippen LogP contribution in [0.2, 0.25) is 0 Å². The topological polar surface area (TPSA) is 49.3 Å². The van der Waals surface area contributed by atoms with Crippen LogP contribution in [0.15, 0.2) is 30.6 Å². The molecule has 26 heavy (non-hydrogen) atoms. The van der Waals surface area contributed by atoms with Crippen molar-refractivity contribution in [3.63, 3.8) is 0 Å². The molecule has 5 nitrogen and oxygen atoms in total. The van der Waals surface area contributed by atoms with Crippen LogP contribution in [0, 0.1) is 5.92 Å². The van der Waals surface area contributed by atoms with Crippen molar-refractivity contribution in [1.82, 2.24) is 14.9 Å². The van der Waals surface area contributed by atoms with Crippen molar-refractivity contribution in [2.75, 3.05) is 18.0 Å². The van der Waals surface area contributed by atoms with Gasteiger partial charge in [0.2, 0.25) is 5.91 Å². The Kier molecular flexibility index (Phi) is 3.88. The molecule has 2 aliphatic heterocycles. The van der Waals surface area contributed by atoms with Crippen LogP contribution in [0.4, 0.5) is 5.69 Å². The van der Waals surface area contributed by atoms with E-state index in [1.807, 2.05) is 17.2 Å². The first kappa shape index (κ1) is 15.8. The van der Waals surface area contributed by atoms with Crippen LogP contribution >= 0.6 is 0 Å². The van der Waals surface area contributed by atoms with Crippen molar-refractivity contribution in [3.8, 4) is 0 Å². The maximum atomic E-state index is 12.7. The van der Waals surface area contributed by atoms with Gasteiger partial charge in [-0.2, -0.15) is 0 Å². The molecular formula is C21H24N4O. The first-order chi connectivity index (χ1) is 12.8. The summed E-state index contributed by atoms with van der Waals surface area (Å²) in [5.74, 6) is 0.726. The minimum Gasteiger partial charge on any atom is -0.370 e. The number of aryl methyl sites for hydroxylation is 2. The van der Waals surface area contributed by atoms with E-state index in [0.29, 0.717) is 18.9 Å². The molecule has 0 unspecified atom stereocenters. The van der Waals surface area contributed by atoms with E-state index in [0.717, 1.165) is 43.9 Å². The van der Waals surface area contributed by atoms with E-state index in [4.69, 9.17) is 4.98 Å². The molecule has 134 valence electrons. The minimum atomic E-state index is 0.275. The third-order valence-electron chi connectivity index (χ3n) is 5.96. The summed E-state index contributed by atoms with van der Waals surface area (Å²) in [5.41, 5.74) is 6.24. The Morgan fingerprint density at radius 3 is 2.85 bits per heavy atom. The molecule has 0 spiro atoms. The molecule has 0 atom stereocenters. The summed E-state index contributed by atoms with van der Waals surface area (Å²) < 4.78 is 0. The second kappa shape index (κ2) is 6.38. The molecule has 0 bridgehead atoms. The van der Waals surface area contributed by atoms with E-state index in [1.54, 1.807) is 6.20 Å². The Labute approximate surface area is 154 Å². The molecule has 2 aromatic rings. The molecule has 1 fully saturated rings. The van der Waals surface area contributed by atoms with Crippen molar-refractivity contribution in [1.29, 1.82) is 0 Å². The molecule has 0 aromatic carbocycles. The second-order valence-corrected chi connectivity index (χ2v) is 7.84. The Hall–Kier alpha value is -2.43. The van der Waals surface area contributed by atoms with E-state index in [9.17, 15) is 4.79 Å². The molecule has 1 saturated heterocycles. The number of pyridine rings is 2. The van der Waals surface area contributed by atoms with Crippen LogP contribution in [0.25, 0.3) is 0 Å². The highest BCUT2D eigenvalue weighted by Crippen LogP contribution is 2.30. The molecule has 0 saturated carbocycles. The highest BCUT2D eigenvalue weighted by Gasteiger charge is 2.32. The standard InChI is InChI=1S/C21H24N4O/c26-21(8-15-11-24(12-15)18-5-3-7-22-10-18)25-13-17-9-16-4-1-2-6-19(16)23-20(17)14-25/h3,5,7,9-10,15H,1-2,4,6,8,11-14H2. The summed E-state index contributed by atoms with van der Waals surface area (Å²) in [4.78, 5) is 26.1. The van der Waals surface area contributed by atoms with Crippen LogP contribution in [-0.2, 0) is 30.7 Å². The molecule has 4 heterocycles. The first-order valence-electron chi connectivity index (χ1n) is 9.69. The Morgan fingerprint density at radius 2 is 2.00 bits per heavy atom. The largest absolute Gasteiger partial charge is 0.370 e. The lowest BCUT2D eigenvalue weighted by Crippen LogP contribution is -2.48. The van der Waals surface area contributed by atoms with Crippen molar-refractivity contribution in [2.24, 2.45) is 5.92 Å². The average Bonchev–Trinajstić information content (AvgIpc) is 3.06. The number of rotatable bonds is 3. The van der Waals surface area contributed by atoms with Gasteiger partial charge >= 0.3 is 0 Å². The zero-order chi connectivity index (χ0) is 17.5. The quantitative estimate of drug-likeness (QED) is 0.856. The molecule has 2 aromatic heterocycles. The van der Waals surface area contributed by atoms with Crippen LogP contribution in [0.5, 0.6) is 0 Å². The van der Waals surface area contributed by atoms with E-state index >= 15 is 0 Å². The molecule has 3 aliphatic rings. The maximum absolute atomic E-state index is 12.7. The fourth-order valence-electron chi connectivity index (χ4n) is 4.44. The molecule has 1 aliphatic carbocycles. The van der Waals surface area contributed by atoms with Crippen LogP contribution in [0.1, 0.15) is 41.8 Å². The van der Waals surface area contributed by atoms with E-state index < -0.39 is 0 Å². The predicted molar refractivity (Wildman–Crippen MR) is 99.7 cm³/mol. The first-order valence-corrected chi connectivity index (χ1v) is 9.69. The Balaban J connectivity index is 1.19. The summed E-state index contributed by atoms with van der Waals surface area (Å²) in [5, 5.41) is 0. The Bertz CT molecular complexity index is 794. The Morgan fingerprint density at radius 1 is 1.12 bits per heavy atom. The van der Waals surface area contributed by atoms with Gasteiger partial charge in [-0.25, -0.2) is 0 Å². The fraction of sp³-hybridized carbons (Fsp3) is 0.476. The van der Waals surface area contributed by atoms with Crippen LogP contribution < -0.4 is 4.90 Å². The number of amides is 1. The fourth-order valence-corrected chi connectivity index (χ4v) is 4.44. The van der Waals surface area contributed by atoms with Crippen molar-refractivity contribution >= 4 is 11.6 Å². The van der Waals surface area contributed by atoms with E-state index in [-0.39, 0.29) is 5.91 Å². The molecule has 1 amide bonds. The number of hydrogen-bond acceptors (Lipinski definition) is 4. The number of carbonyl (C=O) groups is 1. The van der Waals surface area contributed by atoms with E-state index in [1.165, 1.54) is 29.7 Å². The van der Waals surface area contributed by atoms with Crippen molar-refractivity contribution in [3.05, 3.63) is 53.1 Å². The normalized spacial score (nSPS) is 19.1. The zero-order valence-corrected chi connectivity index (χ0v) is 15.0. The molecule has 5 heteroatoms. The third kappa shape index (κ3) is 2.85. The lowest BCUT2D eigenvalue weighted by Gasteiger charge is -2.41. The van der Waals surface area contributed by atoms with Gasteiger partial charge in [0.25, 0.3) is 0 Å². The van der Waals surface area contributed by atoms with Gasteiger partial charge in [-0.3, -0.25) is 14.8 Å². The lowest BCUT2D eigenvalue weighted by atomic mass is 9.94. The van der Waals surface area contributed by atoms with Gasteiger partial charge in [0.15, 0.2) is 0 Å². The van der Waals surface area contributed by atoms with Gasteiger partial charge < -0.3 is 9.80 Å². The van der Waals surface area contributed by atoms with Gasteiger partial charge in [0, 0.05) is 43.9 Å². The van der Waals surface area contributed by atoms with Gasteiger partial charge in [0.05, 0.1) is 24.1 Å². The number of carbonyl (C=O) groups excluding carboxylic acids is 1. The number of anilines is 1. The summed E-state index contributed by atoms with van der Waals surface area (Å²) >= 11 is 0. The maximum Gasteiger partial charge on any atom is 0.223 e. The van der Waals surface area contributed by atoms with Gasteiger partial charge in [-0.05, 0) is 48.9 Å². The lowest BCUT2D eigenvalue weighted by molar-refractivity contribution is -0.133. The zero-order valence-electron chi connectivity index (χ0n) is 15.0. The summed E-state index contributed by atoms with van der Waals surface area (Å²) in [6.07, 6.45) is 9.09.